The van der Waals surface area contributed by atoms with Crippen LogP contribution in [0, 0.1) is 5.41 Å². The third kappa shape index (κ3) is 10.7. The van der Waals surface area contributed by atoms with Crippen LogP contribution >= 0.6 is 0 Å². The van der Waals surface area contributed by atoms with Gasteiger partial charge >= 0.3 is 0 Å². The Kier molecular flexibility index (Phi) is 12.2. The largest absolute Gasteiger partial charge is 0.355 e. The van der Waals surface area contributed by atoms with Crippen LogP contribution in [0.5, 0.6) is 0 Å². The summed E-state index contributed by atoms with van der Waals surface area (Å²) in [5.41, 5.74) is -0.175. The Balaban J connectivity index is 2.45. The molecule has 9 heteroatoms. The Morgan fingerprint density at radius 3 is 2.23 bits per heavy atom. The molecule has 3 amide bonds. The van der Waals surface area contributed by atoms with E-state index in [9.17, 15) is 19.2 Å². The summed E-state index contributed by atoms with van der Waals surface area (Å²) in [6, 6.07) is -0.772. The molecule has 0 bridgehead atoms. The first kappa shape index (κ1) is 26.0. The number of hydrogen-bond acceptors (Lipinski definition) is 6. The summed E-state index contributed by atoms with van der Waals surface area (Å²) in [6.45, 7) is 6.99. The van der Waals surface area contributed by atoms with Gasteiger partial charge in [0.05, 0.1) is 0 Å². The predicted molar refractivity (Wildman–Crippen MR) is 116 cm³/mol. The number of nitrogens with one attached hydrogen (secondary N) is 5. The molecule has 0 aromatic rings. The van der Waals surface area contributed by atoms with Crippen LogP contribution in [0.4, 0.5) is 0 Å². The molecule has 1 fully saturated rings. The Labute approximate surface area is 179 Å². The second-order valence-electron chi connectivity index (χ2n) is 8.09. The molecular weight excluding hydrogens is 386 g/mol. The first-order valence-electron chi connectivity index (χ1n) is 11.0. The number of ketones is 1. The number of rotatable bonds is 17. The van der Waals surface area contributed by atoms with Crippen LogP contribution in [0.15, 0.2) is 0 Å². The van der Waals surface area contributed by atoms with Crippen molar-refractivity contribution in [3.63, 3.8) is 0 Å². The number of amides is 3. The second-order valence-corrected chi connectivity index (χ2v) is 8.09. The van der Waals surface area contributed by atoms with Crippen molar-refractivity contribution in [2.45, 2.75) is 64.8 Å². The standard InChI is InChI=1S/C21H39N5O4/c1-4-23-13-15-25-20(30)16(8-9-18(28)24-14-12-22-3)26-19(29)7-5-6-17(27)21(2)10-11-21/h16,22-23H,4-15H2,1-3H3,(H,24,28)(H,25,30)(H,26,29). The molecule has 0 saturated heterocycles. The lowest BCUT2D eigenvalue weighted by Crippen LogP contribution is -2.48. The van der Waals surface area contributed by atoms with Gasteiger partial charge in [-0.05, 0) is 39.3 Å². The summed E-state index contributed by atoms with van der Waals surface area (Å²) >= 11 is 0. The van der Waals surface area contributed by atoms with Crippen molar-refractivity contribution in [1.82, 2.24) is 26.6 Å². The van der Waals surface area contributed by atoms with E-state index < -0.39 is 6.04 Å². The SMILES string of the molecule is CCNCCNC(=O)C(CCC(=O)NCCNC)NC(=O)CCCC(=O)C1(C)CC1. The molecule has 1 aliphatic rings. The van der Waals surface area contributed by atoms with E-state index in [2.05, 4.69) is 26.6 Å². The summed E-state index contributed by atoms with van der Waals surface area (Å²) in [7, 11) is 1.80. The zero-order chi connectivity index (χ0) is 22.4. The maximum Gasteiger partial charge on any atom is 0.242 e. The normalized spacial score (nSPS) is 15.2. The van der Waals surface area contributed by atoms with E-state index in [0.29, 0.717) is 39.0 Å². The minimum absolute atomic E-state index is 0.145. The van der Waals surface area contributed by atoms with Crippen LogP contribution in [0.25, 0.3) is 0 Å². The average molecular weight is 426 g/mol. The molecule has 172 valence electrons. The lowest BCUT2D eigenvalue weighted by Gasteiger charge is -2.19. The monoisotopic (exact) mass is 425 g/mol. The highest BCUT2D eigenvalue weighted by Crippen LogP contribution is 2.46. The lowest BCUT2D eigenvalue weighted by molar-refractivity contribution is -0.130. The lowest BCUT2D eigenvalue weighted by atomic mass is 9.99. The molecule has 0 spiro atoms. The number of likely N-dealkylation sites (N-methyl/N-ethyl adjacent to an activating group) is 2. The molecule has 0 radical (unpaired) electrons. The summed E-state index contributed by atoms with van der Waals surface area (Å²) < 4.78 is 0. The van der Waals surface area contributed by atoms with Crippen LogP contribution < -0.4 is 26.6 Å². The van der Waals surface area contributed by atoms with Gasteiger partial charge in [0.15, 0.2) is 0 Å². The first-order chi connectivity index (χ1) is 14.3. The highest BCUT2D eigenvalue weighted by Gasteiger charge is 2.43. The third-order valence-electron chi connectivity index (χ3n) is 5.34. The van der Waals surface area contributed by atoms with E-state index in [1.807, 2.05) is 13.8 Å². The first-order valence-corrected chi connectivity index (χ1v) is 11.0. The third-order valence-corrected chi connectivity index (χ3v) is 5.34. The van der Waals surface area contributed by atoms with Crippen molar-refractivity contribution in [3.8, 4) is 0 Å². The average Bonchev–Trinajstić information content (AvgIpc) is 3.47. The molecule has 1 unspecified atom stereocenters. The van der Waals surface area contributed by atoms with Gasteiger partial charge in [-0.1, -0.05) is 13.8 Å². The molecule has 30 heavy (non-hydrogen) atoms. The summed E-state index contributed by atoms with van der Waals surface area (Å²) in [4.78, 5) is 48.8. The van der Waals surface area contributed by atoms with Crippen LogP contribution in [0.1, 0.15) is 58.8 Å². The molecule has 1 atom stereocenters. The van der Waals surface area contributed by atoms with Crippen molar-refractivity contribution in [1.29, 1.82) is 0 Å². The Morgan fingerprint density at radius 1 is 0.900 bits per heavy atom. The van der Waals surface area contributed by atoms with Gasteiger partial charge in [0, 0.05) is 50.9 Å². The highest BCUT2D eigenvalue weighted by molar-refractivity contribution is 5.89. The fraction of sp³-hybridized carbons (Fsp3) is 0.810. The van der Waals surface area contributed by atoms with Crippen LogP contribution in [-0.4, -0.2) is 69.3 Å². The van der Waals surface area contributed by atoms with Crippen molar-refractivity contribution in [2.24, 2.45) is 5.41 Å². The van der Waals surface area contributed by atoms with E-state index in [4.69, 9.17) is 0 Å². The van der Waals surface area contributed by atoms with Gasteiger partial charge in [0.2, 0.25) is 17.7 Å². The molecule has 0 aromatic heterocycles. The Hall–Kier alpha value is -2.00. The van der Waals surface area contributed by atoms with Crippen LogP contribution in [0.2, 0.25) is 0 Å². The van der Waals surface area contributed by atoms with Gasteiger partial charge in [0.25, 0.3) is 0 Å². The Bertz CT molecular complexity index is 578. The number of Topliss-reactive ketones (excluding diaryl/α,β-unsaturated/α-hetero) is 1. The van der Waals surface area contributed by atoms with Crippen LogP contribution in [-0.2, 0) is 19.2 Å². The zero-order valence-corrected chi connectivity index (χ0v) is 18.7. The maximum atomic E-state index is 12.5. The van der Waals surface area contributed by atoms with E-state index in [1.165, 1.54) is 0 Å². The van der Waals surface area contributed by atoms with Crippen molar-refractivity contribution >= 4 is 23.5 Å². The smallest absolute Gasteiger partial charge is 0.242 e. The van der Waals surface area contributed by atoms with E-state index >= 15 is 0 Å². The van der Waals surface area contributed by atoms with Gasteiger partial charge in [-0.2, -0.15) is 0 Å². The molecule has 0 aromatic carbocycles. The summed E-state index contributed by atoms with van der Waals surface area (Å²) in [5, 5.41) is 14.3. The summed E-state index contributed by atoms with van der Waals surface area (Å²) in [5.74, 6) is -0.517. The zero-order valence-electron chi connectivity index (χ0n) is 18.7. The molecule has 9 nitrogen and oxygen atoms in total. The van der Waals surface area contributed by atoms with Gasteiger partial charge in [-0.15, -0.1) is 0 Å². The predicted octanol–water partition coefficient (Wildman–Crippen LogP) is -0.148. The van der Waals surface area contributed by atoms with E-state index in [0.717, 1.165) is 19.4 Å². The Morgan fingerprint density at radius 2 is 1.60 bits per heavy atom. The molecular formula is C21H39N5O4. The molecule has 1 saturated carbocycles. The van der Waals surface area contributed by atoms with E-state index in [1.54, 1.807) is 7.05 Å². The maximum absolute atomic E-state index is 12.5. The molecule has 0 heterocycles. The van der Waals surface area contributed by atoms with Crippen molar-refractivity contribution < 1.29 is 19.2 Å². The highest BCUT2D eigenvalue weighted by atomic mass is 16.2. The minimum atomic E-state index is -0.772. The van der Waals surface area contributed by atoms with Gasteiger partial charge in [-0.3, -0.25) is 19.2 Å². The van der Waals surface area contributed by atoms with Crippen LogP contribution in [0.3, 0.4) is 0 Å². The fourth-order valence-corrected chi connectivity index (χ4v) is 2.98. The summed E-state index contributed by atoms with van der Waals surface area (Å²) in [6.07, 6.45) is 3.29. The number of hydrogen-bond donors (Lipinski definition) is 5. The molecule has 0 aliphatic heterocycles. The number of carbonyl (C=O) groups excluding carboxylic acids is 4. The topological polar surface area (TPSA) is 128 Å². The van der Waals surface area contributed by atoms with E-state index in [-0.39, 0.29) is 48.2 Å². The number of carbonyl (C=O) groups is 4. The quantitative estimate of drug-likeness (QED) is 0.206. The molecule has 1 rings (SSSR count). The van der Waals surface area contributed by atoms with Gasteiger partial charge in [-0.25, -0.2) is 0 Å². The molecule has 5 N–H and O–H groups in total. The molecule has 1 aliphatic carbocycles. The van der Waals surface area contributed by atoms with Gasteiger partial charge < -0.3 is 26.6 Å². The minimum Gasteiger partial charge on any atom is -0.355 e. The second kappa shape index (κ2) is 14.1. The van der Waals surface area contributed by atoms with Crippen molar-refractivity contribution in [3.05, 3.63) is 0 Å². The van der Waals surface area contributed by atoms with Crippen molar-refractivity contribution in [2.75, 3.05) is 39.8 Å². The van der Waals surface area contributed by atoms with Gasteiger partial charge in [0.1, 0.15) is 11.8 Å². The fourth-order valence-electron chi connectivity index (χ4n) is 2.98.